The van der Waals surface area contributed by atoms with E-state index in [0.29, 0.717) is 5.92 Å². The summed E-state index contributed by atoms with van der Waals surface area (Å²) in [6, 6.07) is 2.14. The Bertz CT molecular complexity index is 267. The Morgan fingerprint density at radius 2 is 2.28 bits per heavy atom. The number of nitrogens with zero attached hydrogens (tertiary/aromatic N) is 2. The van der Waals surface area contributed by atoms with E-state index >= 15 is 0 Å². The lowest BCUT2D eigenvalue weighted by Crippen LogP contribution is -2.34. The molecule has 0 bridgehead atoms. The number of rotatable bonds is 7. The van der Waals surface area contributed by atoms with Crippen LogP contribution in [-0.2, 0) is 4.74 Å². The van der Waals surface area contributed by atoms with Gasteiger partial charge in [0.15, 0.2) is 0 Å². The smallest absolute Gasteiger partial charge is 0.101 e. The highest BCUT2D eigenvalue weighted by Crippen LogP contribution is 2.15. The van der Waals surface area contributed by atoms with Crippen LogP contribution in [0.15, 0.2) is 0 Å². The summed E-state index contributed by atoms with van der Waals surface area (Å²) in [5, 5.41) is 8.82. The highest BCUT2D eigenvalue weighted by molar-refractivity contribution is 5.00. The van der Waals surface area contributed by atoms with Crippen LogP contribution in [0.2, 0.25) is 0 Å². The van der Waals surface area contributed by atoms with Gasteiger partial charge in [0.25, 0.3) is 0 Å². The van der Waals surface area contributed by atoms with Crippen molar-refractivity contribution in [1.29, 1.82) is 5.26 Å². The first-order valence-corrected chi connectivity index (χ1v) is 7.00. The van der Waals surface area contributed by atoms with Crippen LogP contribution >= 0.6 is 0 Å². The maximum absolute atomic E-state index is 8.82. The molecule has 2 atom stereocenters. The molecule has 1 rings (SSSR count). The molecule has 2 unspecified atom stereocenters. The molecule has 0 aromatic carbocycles. The summed E-state index contributed by atoms with van der Waals surface area (Å²) in [5.41, 5.74) is 5.13. The van der Waals surface area contributed by atoms with Crippen molar-refractivity contribution in [3.8, 4) is 6.07 Å². The first-order chi connectivity index (χ1) is 8.53. The lowest BCUT2D eigenvalue weighted by Gasteiger charge is -2.27. The Kier molecular flexibility index (Phi) is 6.62. The second-order valence-electron chi connectivity index (χ2n) is 5.83. The van der Waals surface area contributed by atoms with E-state index in [4.69, 9.17) is 15.7 Å². The van der Waals surface area contributed by atoms with Crippen molar-refractivity contribution in [3.63, 3.8) is 0 Å². The molecule has 0 aliphatic carbocycles. The van der Waals surface area contributed by atoms with Crippen LogP contribution in [-0.4, -0.2) is 43.8 Å². The lowest BCUT2D eigenvalue weighted by atomic mass is 9.98. The molecule has 1 fully saturated rings. The molecule has 4 heteroatoms. The van der Waals surface area contributed by atoms with Gasteiger partial charge >= 0.3 is 0 Å². The van der Waals surface area contributed by atoms with Gasteiger partial charge < -0.3 is 15.4 Å². The highest BCUT2D eigenvalue weighted by Gasteiger charge is 2.17. The zero-order valence-corrected chi connectivity index (χ0v) is 11.8. The molecule has 0 aromatic heterocycles. The Morgan fingerprint density at radius 3 is 2.89 bits per heavy atom. The summed E-state index contributed by atoms with van der Waals surface area (Å²) in [6.07, 6.45) is 5.40. The summed E-state index contributed by atoms with van der Waals surface area (Å²) < 4.78 is 5.49. The predicted octanol–water partition coefficient (Wildman–Crippen LogP) is 1.76. The number of ether oxygens (including phenoxy) is 1. The van der Waals surface area contributed by atoms with Gasteiger partial charge in [0, 0.05) is 13.2 Å². The molecule has 0 saturated carbocycles. The fourth-order valence-electron chi connectivity index (χ4n) is 2.41. The van der Waals surface area contributed by atoms with Crippen molar-refractivity contribution in [1.82, 2.24) is 4.90 Å². The molecule has 0 spiro atoms. The second kappa shape index (κ2) is 7.73. The van der Waals surface area contributed by atoms with Gasteiger partial charge in [-0.25, -0.2) is 0 Å². The van der Waals surface area contributed by atoms with Gasteiger partial charge in [-0.3, -0.25) is 0 Å². The van der Waals surface area contributed by atoms with Gasteiger partial charge in [-0.05, 0) is 58.5 Å². The van der Waals surface area contributed by atoms with Crippen LogP contribution in [0.5, 0.6) is 0 Å². The third-order valence-electron chi connectivity index (χ3n) is 3.57. The van der Waals surface area contributed by atoms with Gasteiger partial charge in [0.2, 0.25) is 0 Å². The van der Waals surface area contributed by atoms with Crippen LogP contribution < -0.4 is 5.73 Å². The van der Waals surface area contributed by atoms with Gasteiger partial charge in [-0.2, -0.15) is 5.26 Å². The van der Waals surface area contributed by atoms with E-state index in [1.807, 2.05) is 0 Å². The maximum Gasteiger partial charge on any atom is 0.101 e. The van der Waals surface area contributed by atoms with E-state index in [-0.39, 0.29) is 0 Å². The SMILES string of the molecule is CN(CCCCC(C)(N)C#N)CC1CCCOC1. The summed E-state index contributed by atoms with van der Waals surface area (Å²) in [6.45, 7) is 5.86. The van der Waals surface area contributed by atoms with Crippen molar-refractivity contribution in [2.75, 3.05) is 33.4 Å². The summed E-state index contributed by atoms with van der Waals surface area (Å²) in [4.78, 5) is 2.37. The Hall–Kier alpha value is -0.630. The van der Waals surface area contributed by atoms with Crippen molar-refractivity contribution >= 4 is 0 Å². The molecular weight excluding hydrogens is 226 g/mol. The standard InChI is InChI=1S/C14H27N3O/c1-14(16,12-15)7-3-4-8-17(2)10-13-6-5-9-18-11-13/h13H,3-11,16H2,1-2H3. The average molecular weight is 253 g/mol. The first-order valence-electron chi connectivity index (χ1n) is 7.00. The van der Waals surface area contributed by atoms with E-state index in [9.17, 15) is 0 Å². The van der Waals surface area contributed by atoms with Crippen molar-refractivity contribution in [2.24, 2.45) is 11.7 Å². The monoisotopic (exact) mass is 253 g/mol. The van der Waals surface area contributed by atoms with Crippen LogP contribution in [0.4, 0.5) is 0 Å². The number of hydrogen-bond acceptors (Lipinski definition) is 4. The van der Waals surface area contributed by atoms with Crippen LogP contribution in [0.1, 0.15) is 39.0 Å². The largest absolute Gasteiger partial charge is 0.381 e. The van der Waals surface area contributed by atoms with Gasteiger partial charge in [-0.15, -0.1) is 0 Å². The molecule has 1 heterocycles. The summed E-state index contributed by atoms with van der Waals surface area (Å²) in [5.74, 6) is 0.697. The van der Waals surface area contributed by atoms with E-state index in [2.05, 4.69) is 18.0 Å². The van der Waals surface area contributed by atoms with E-state index in [1.54, 1.807) is 6.92 Å². The third-order valence-corrected chi connectivity index (χ3v) is 3.57. The molecule has 0 radical (unpaired) electrons. The summed E-state index contributed by atoms with van der Waals surface area (Å²) in [7, 11) is 2.17. The van der Waals surface area contributed by atoms with Crippen molar-refractivity contribution in [3.05, 3.63) is 0 Å². The minimum absolute atomic E-state index is 0.657. The zero-order valence-electron chi connectivity index (χ0n) is 11.8. The molecule has 1 aliphatic heterocycles. The second-order valence-corrected chi connectivity index (χ2v) is 5.83. The minimum Gasteiger partial charge on any atom is -0.381 e. The Morgan fingerprint density at radius 1 is 1.50 bits per heavy atom. The number of unbranched alkanes of at least 4 members (excludes halogenated alkanes) is 1. The van der Waals surface area contributed by atoms with Gasteiger partial charge in [0.05, 0.1) is 12.7 Å². The molecule has 104 valence electrons. The van der Waals surface area contributed by atoms with Gasteiger partial charge in [0.1, 0.15) is 5.54 Å². The number of nitrogens with two attached hydrogens (primary N) is 1. The number of nitriles is 1. The molecule has 18 heavy (non-hydrogen) atoms. The fraction of sp³-hybridized carbons (Fsp3) is 0.929. The molecule has 0 aromatic rings. The van der Waals surface area contributed by atoms with Crippen LogP contribution in [0, 0.1) is 17.2 Å². The highest BCUT2D eigenvalue weighted by atomic mass is 16.5. The normalized spacial score (nSPS) is 23.6. The average Bonchev–Trinajstić information content (AvgIpc) is 2.36. The molecular formula is C14H27N3O. The summed E-state index contributed by atoms with van der Waals surface area (Å²) >= 11 is 0. The lowest BCUT2D eigenvalue weighted by molar-refractivity contribution is 0.0418. The fourth-order valence-corrected chi connectivity index (χ4v) is 2.41. The molecule has 4 nitrogen and oxygen atoms in total. The third kappa shape index (κ3) is 6.34. The Labute approximate surface area is 111 Å². The Balaban J connectivity index is 2.06. The topological polar surface area (TPSA) is 62.3 Å². The zero-order chi connectivity index (χ0) is 13.4. The van der Waals surface area contributed by atoms with E-state index < -0.39 is 5.54 Å². The van der Waals surface area contributed by atoms with E-state index in [1.165, 1.54) is 12.8 Å². The van der Waals surface area contributed by atoms with Crippen molar-refractivity contribution in [2.45, 2.75) is 44.6 Å². The molecule has 1 aliphatic rings. The van der Waals surface area contributed by atoms with E-state index in [0.717, 1.165) is 45.6 Å². The molecule has 1 saturated heterocycles. The minimum atomic E-state index is -0.657. The van der Waals surface area contributed by atoms with Crippen LogP contribution in [0.3, 0.4) is 0 Å². The molecule has 2 N–H and O–H groups in total. The van der Waals surface area contributed by atoms with Crippen molar-refractivity contribution < 1.29 is 4.74 Å². The quantitative estimate of drug-likeness (QED) is 0.702. The van der Waals surface area contributed by atoms with Gasteiger partial charge in [-0.1, -0.05) is 0 Å². The number of hydrogen-bond donors (Lipinski definition) is 1. The predicted molar refractivity (Wildman–Crippen MR) is 73.1 cm³/mol. The molecule has 0 amide bonds. The van der Waals surface area contributed by atoms with Crippen LogP contribution in [0.25, 0.3) is 0 Å². The maximum atomic E-state index is 8.82. The first kappa shape index (κ1) is 15.4.